The van der Waals surface area contributed by atoms with Gasteiger partial charge in [0.05, 0.1) is 5.56 Å². The van der Waals surface area contributed by atoms with E-state index in [0.717, 1.165) is 19.4 Å². The van der Waals surface area contributed by atoms with E-state index in [1.165, 1.54) is 12.1 Å². The zero-order valence-electron chi connectivity index (χ0n) is 14.6. The van der Waals surface area contributed by atoms with Crippen molar-refractivity contribution in [2.24, 2.45) is 5.92 Å². The molecule has 5 nitrogen and oxygen atoms in total. The lowest BCUT2D eigenvalue weighted by Crippen LogP contribution is -2.49. The Hall–Kier alpha value is -1.95. The van der Waals surface area contributed by atoms with Crippen molar-refractivity contribution in [2.45, 2.75) is 44.7 Å². The van der Waals surface area contributed by atoms with Gasteiger partial charge >= 0.3 is 0 Å². The lowest BCUT2D eigenvalue weighted by Gasteiger charge is -2.34. The monoisotopic (exact) mass is 347 g/mol. The molecule has 2 amide bonds. The molecule has 2 aliphatic heterocycles. The summed E-state index contributed by atoms with van der Waals surface area (Å²) in [6, 6.07) is 6.55. The number of carbonyl (C=O) groups excluding carboxylic acids is 2. The van der Waals surface area contributed by atoms with Gasteiger partial charge in [-0.1, -0.05) is 12.1 Å². The summed E-state index contributed by atoms with van der Waals surface area (Å²) >= 11 is 0. The van der Waals surface area contributed by atoms with Crippen LogP contribution in [0.3, 0.4) is 0 Å². The highest BCUT2D eigenvalue weighted by molar-refractivity contribution is 5.94. The molecule has 0 unspecified atom stereocenters. The van der Waals surface area contributed by atoms with E-state index < -0.39 is 5.82 Å². The summed E-state index contributed by atoms with van der Waals surface area (Å²) < 4.78 is 13.8. The van der Waals surface area contributed by atoms with Gasteiger partial charge in [0, 0.05) is 31.1 Å². The Morgan fingerprint density at radius 1 is 1.20 bits per heavy atom. The number of carbonyl (C=O) groups is 2. The van der Waals surface area contributed by atoms with Crippen LogP contribution >= 0.6 is 0 Å². The molecule has 3 rings (SSSR count). The number of nitrogens with one attached hydrogen (secondary N) is 2. The van der Waals surface area contributed by atoms with E-state index in [4.69, 9.17) is 0 Å². The van der Waals surface area contributed by atoms with E-state index in [9.17, 15) is 14.0 Å². The van der Waals surface area contributed by atoms with Crippen LogP contribution in [0.4, 0.5) is 4.39 Å². The van der Waals surface area contributed by atoms with Crippen LogP contribution < -0.4 is 10.6 Å². The van der Waals surface area contributed by atoms with Gasteiger partial charge in [-0.05, 0) is 51.3 Å². The topological polar surface area (TPSA) is 61.4 Å². The fourth-order valence-electron chi connectivity index (χ4n) is 3.72. The summed E-state index contributed by atoms with van der Waals surface area (Å²) in [5.74, 6) is -0.542. The summed E-state index contributed by atoms with van der Waals surface area (Å²) in [4.78, 5) is 26.5. The van der Waals surface area contributed by atoms with Gasteiger partial charge in [0.25, 0.3) is 5.91 Å². The van der Waals surface area contributed by atoms with Crippen molar-refractivity contribution in [1.29, 1.82) is 0 Å². The first-order valence-electron chi connectivity index (χ1n) is 9.12. The highest BCUT2D eigenvalue weighted by atomic mass is 19.1. The molecule has 2 atom stereocenters. The molecule has 25 heavy (non-hydrogen) atoms. The first-order valence-corrected chi connectivity index (χ1v) is 9.12. The normalized spacial score (nSPS) is 24.8. The minimum absolute atomic E-state index is 0.0781. The van der Waals surface area contributed by atoms with Gasteiger partial charge in [0.2, 0.25) is 5.91 Å². The van der Waals surface area contributed by atoms with Crippen molar-refractivity contribution in [3.8, 4) is 0 Å². The molecule has 0 spiro atoms. The summed E-state index contributed by atoms with van der Waals surface area (Å²) in [6.45, 7) is 4.07. The number of benzene rings is 1. The predicted octanol–water partition coefficient (Wildman–Crippen LogP) is 1.93. The highest BCUT2D eigenvalue weighted by Crippen LogP contribution is 2.19. The minimum Gasteiger partial charge on any atom is -0.353 e. The largest absolute Gasteiger partial charge is 0.353 e. The molecule has 2 heterocycles. The molecule has 0 radical (unpaired) electrons. The molecular weight excluding hydrogens is 321 g/mol. The molecule has 0 aromatic heterocycles. The van der Waals surface area contributed by atoms with Crippen LogP contribution in [0.5, 0.6) is 0 Å². The second kappa shape index (κ2) is 7.95. The van der Waals surface area contributed by atoms with Crippen LogP contribution in [0.1, 0.15) is 43.0 Å². The van der Waals surface area contributed by atoms with Crippen molar-refractivity contribution >= 4 is 11.8 Å². The van der Waals surface area contributed by atoms with Crippen LogP contribution in [-0.4, -0.2) is 48.4 Å². The quantitative estimate of drug-likeness (QED) is 0.878. The van der Waals surface area contributed by atoms with Crippen molar-refractivity contribution < 1.29 is 14.0 Å². The van der Waals surface area contributed by atoms with E-state index in [2.05, 4.69) is 17.6 Å². The van der Waals surface area contributed by atoms with Crippen molar-refractivity contribution in [1.82, 2.24) is 15.5 Å². The SMILES string of the molecule is C[C@H]1C[C@@H](C(=O)NC2CCN(C(=O)c3ccccc3F)CC2)CCN1. The second-order valence-electron chi connectivity index (χ2n) is 7.13. The number of hydrogen-bond donors (Lipinski definition) is 2. The molecule has 0 saturated carbocycles. The molecule has 136 valence electrons. The molecule has 2 aliphatic rings. The van der Waals surface area contributed by atoms with Crippen molar-refractivity contribution in [3.05, 3.63) is 35.6 Å². The number of amides is 2. The Morgan fingerprint density at radius 3 is 2.60 bits per heavy atom. The van der Waals surface area contributed by atoms with E-state index in [-0.39, 0.29) is 29.3 Å². The van der Waals surface area contributed by atoms with E-state index in [1.807, 2.05) is 0 Å². The molecule has 1 aromatic carbocycles. The average Bonchev–Trinajstić information content (AvgIpc) is 2.62. The smallest absolute Gasteiger partial charge is 0.256 e. The number of piperidine rings is 2. The van der Waals surface area contributed by atoms with Gasteiger partial charge in [-0.25, -0.2) is 4.39 Å². The molecule has 2 fully saturated rings. The van der Waals surface area contributed by atoms with Crippen LogP contribution in [0.2, 0.25) is 0 Å². The Bertz CT molecular complexity index is 629. The molecule has 2 saturated heterocycles. The third-order valence-electron chi connectivity index (χ3n) is 5.23. The van der Waals surface area contributed by atoms with Crippen molar-refractivity contribution in [2.75, 3.05) is 19.6 Å². The van der Waals surface area contributed by atoms with Crippen molar-refractivity contribution in [3.63, 3.8) is 0 Å². The molecule has 0 bridgehead atoms. The summed E-state index contributed by atoms with van der Waals surface area (Å²) in [6.07, 6.45) is 3.18. The molecular formula is C19H26FN3O2. The zero-order valence-corrected chi connectivity index (χ0v) is 14.6. The number of nitrogens with zero attached hydrogens (tertiary/aromatic N) is 1. The molecule has 2 N–H and O–H groups in total. The summed E-state index contributed by atoms with van der Waals surface area (Å²) in [5, 5.41) is 6.50. The Balaban J connectivity index is 1.49. The highest BCUT2D eigenvalue weighted by Gasteiger charge is 2.29. The Labute approximate surface area is 148 Å². The van der Waals surface area contributed by atoms with Crippen LogP contribution in [0.25, 0.3) is 0 Å². The predicted molar refractivity (Wildman–Crippen MR) is 93.7 cm³/mol. The Kier molecular flexibility index (Phi) is 5.68. The van der Waals surface area contributed by atoms with Gasteiger partial charge in [-0.3, -0.25) is 9.59 Å². The molecule has 1 aromatic rings. The fourth-order valence-corrected chi connectivity index (χ4v) is 3.72. The zero-order chi connectivity index (χ0) is 17.8. The van der Waals surface area contributed by atoms with Crippen LogP contribution in [-0.2, 0) is 4.79 Å². The first-order chi connectivity index (χ1) is 12.0. The van der Waals surface area contributed by atoms with Crippen LogP contribution in [0.15, 0.2) is 24.3 Å². The Morgan fingerprint density at radius 2 is 1.92 bits per heavy atom. The fraction of sp³-hybridized carbons (Fsp3) is 0.579. The number of halogens is 1. The lowest BCUT2D eigenvalue weighted by atomic mass is 9.91. The average molecular weight is 347 g/mol. The number of hydrogen-bond acceptors (Lipinski definition) is 3. The lowest BCUT2D eigenvalue weighted by molar-refractivity contribution is -0.127. The third-order valence-corrected chi connectivity index (χ3v) is 5.23. The maximum atomic E-state index is 13.8. The summed E-state index contributed by atoms with van der Waals surface area (Å²) in [5.41, 5.74) is 0.119. The standard InChI is InChI=1S/C19H26FN3O2/c1-13-12-14(6-9-21-13)18(24)22-15-7-10-23(11-8-15)19(25)16-4-2-3-5-17(16)20/h2-5,13-15,21H,6-12H2,1H3,(H,22,24)/t13-,14-/m0/s1. The number of rotatable bonds is 3. The van der Waals surface area contributed by atoms with E-state index in [1.54, 1.807) is 17.0 Å². The van der Waals surface area contributed by atoms with E-state index >= 15 is 0 Å². The van der Waals surface area contributed by atoms with Gasteiger partial charge in [0.1, 0.15) is 5.82 Å². The van der Waals surface area contributed by atoms with Gasteiger partial charge < -0.3 is 15.5 Å². The van der Waals surface area contributed by atoms with Crippen LogP contribution in [0, 0.1) is 11.7 Å². The van der Waals surface area contributed by atoms with Gasteiger partial charge in [-0.2, -0.15) is 0 Å². The molecule has 0 aliphatic carbocycles. The third kappa shape index (κ3) is 4.37. The maximum absolute atomic E-state index is 13.8. The number of likely N-dealkylation sites (tertiary alicyclic amines) is 1. The van der Waals surface area contributed by atoms with E-state index in [0.29, 0.717) is 32.0 Å². The maximum Gasteiger partial charge on any atom is 0.256 e. The molecule has 6 heteroatoms. The first kappa shape index (κ1) is 17.9. The second-order valence-corrected chi connectivity index (χ2v) is 7.13. The van der Waals surface area contributed by atoms with Gasteiger partial charge in [0.15, 0.2) is 0 Å². The summed E-state index contributed by atoms with van der Waals surface area (Å²) in [7, 11) is 0. The van der Waals surface area contributed by atoms with Gasteiger partial charge in [-0.15, -0.1) is 0 Å². The minimum atomic E-state index is -0.483.